The van der Waals surface area contributed by atoms with E-state index in [0.717, 1.165) is 9.66 Å². The average Bonchev–Trinajstić information content (AvgIpc) is 1.94. The van der Waals surface area contributed by atoms with Gasteiger partial charge in [-0.25, -0.2) is 0 Å². The molecule has 2 heteroatoms. The minimum Gasteiger partial charge on any atom is -0.0593 e. The van der Waals surface area contributed by atoms with Crippen LogP contribution in [0.25, 0.3) is 0 Å². The smallest absolute Gasteiger partial charge is 0.0593 e. The SMILES string of the molecule is CC(C)c1ccc(Br)c([Si])c1. The van der Waals surface area contributed by atoms with E-state index < -0.39 is 0 Å². The number of benzene rings is 1. The first-order valence-electron chi connectivity index (χ1n) is 3.62. The van der Waals surface area contributed by atoms with Gasteiger partial charge in [-0.3, -0.25) is 0 Å². The summed E-state index contributed by atoms with van der Waals surface area (Å²) in [4.78, 5) is 0. The van der Waals surface area contributed by atoms with Crippen molar-refractivity contribution in [1.29, 1.82) is 0 Å². The van der Waals surface area contributed by atoms with Crippen molar-refractivity contribution in [2.75, 3.05) is 0 Å². The van der Waals surface area contributed by atoms with Crippen molar-refractivity contribution < 1.29 is 0 Å². The summed E-state index contributed by atoms with van der Waals surface area (Å²) in [5.74, 6) is 0.596. The fourth-order valence-corrected chi connectivity index (χ4v) is 1.40. The Hall–Kier alpha value is -0.0831. The summed E-state index contributed by atoms with van der Waals surface area (Å²) in [5, 5.41) is 1.12. The normalized spacial score (nSPS) is 10.6. The lowest BCUT2D eigenvalue weighted by molar-refractivity contribution is 0.867. The van der Waals surface area contributed by atoms with Gasteiger partial charge in [0.1, 0.15) is 0 Å². The first-order chi connectivity index (χ1) is 5.11. The molecule has 0 aromatic heterocycles. The van der Waals surface area contributed by atoms with E-state index in [1.54, 1.807) is 0 Å². The molecule has 0 bridgehead atoms. The second-order valence-corrected chi connectivity index (χ2v) is 4.29. The number of rotatable bonds is 1. The van der Waals surface area contributed by atoms with E-state index in [0.29, 0.717) is 5.92 Å². The van der Waals surface area contributed by atoms with Crippen molar-refractivity contribution >= 4 is 31.4 Å². The van der Waals surface area contributed by atoms with E-state index >= 15 is 0 Å². The molecule has 1 aromatic carbocycles. The first kappa shape index (κ1) is 9.01. The molecule has 1 rings (SSSR count). The Morgan fingerprint density at radius 2 is 2.00 bits per heavy atom. The summed E-state index contributed by atoms with van der Waals surface area (Å²) >= 11 is 3.43. The molecular weight excluding hydrogens is 216 g/mol. The molecule has 0 unspecified atom stereocenters. The number of halogens is 1. The van der Waals surface area contributed by atoms with Crippen LogP contribution in [0.4, 0.5) is 0 Å². The fourth-order valence-electron chi connectivity index (χ4n) is 0.902. The largest absolute Gasteiger partial charge is 0.0727 e. The molecule has 0 fully saturated rings. The quantitative estimate of drug-likeness (QED) is 0.645. The van der Waals surface area contributed by atoms with E-state index in [9.17, 15) is 0 Å². The van der Waals surface area contributed by atoms with Gasteiger partial charge in [0.25, 0.3) is 0 Å². The summed E-state index contributed by atoms with van der Waals surface area (Å²) in [7, 11) is 3.52. The third-order valence-corrected chi connectivity index (χ3v) is 3.13. The molecule has 0 N–H and O–H groups in total. The molecule has 0 heterocycles. The maximum absolute atomic E-state index is 3.52. The van der Waals surface area contributed by atoms with Gasteiger partial charge >= 0.3 is 0 Å². The van der Waals surface area contributed by atoms with Gasteiger partial charge in [-0.05, 0) is 17.5 Å². The molecule has 0 atom stereocenters. The Balaban J connectivity index is 3.05. The molecule has 0 spiro atoms. The molecule has 57 valence electrons. The third kappa shape index (κ3) is 2.17. The van der Waals surface area contributed by atoms with Crippen LogP contribution < -0.4 is 5.19 Å². The lowest BCUT2D eigenvalue weighted by atomic mass is 10.0. The Labute approximate surface area is 79.6 Å². The number of hydrogen-bond acceptors (Lipinski definition) is 0. The Kier molecular flexibility index (Phi) is 2.90. The van der Waals surface area contributed by atoms with Crippen LogP contribution in [0.1, 0.15) is 25.3 Å². The van der Waals surface area contributed by atoms with E-state index in [1.807, 2.05) is 0 Å². The van der Waals surface area contributed by atoms with Gasteiger partial charge in [0.05, 0.1) is 10.2 Å². The van der Waals surface area contributed by atoms with Crippen LogP contribution in [-0.2, 0) is 0 Å². The topological polar surface area (TPSA) is 0 Å². The van der Waals surface area contributed by atoms with Crippen molar-refractivity contribution in [2.24, 2.45) is 0 Å². The van der Waals surface area contributed by atoms with Crippen LogP contribution in [0, 0.1) is 0 Å². The van der Waals surface area contributed by atoms with Crippen LogP contribution in [0.3, 0.4) is 0 Å². The van der Waals surface area contributed by atoms with Gasteiger partial charge in [-0.2, -0.15) is 0 Å². The van der Waals surface area contributed by atoms with E-state index in [2.05, 4.69) is 58.2 Å². The van der Waals surface area contributed by atoms with Gasteiger partial charge in [-0.15, -0.1) is 0 Å². The van der Waals surface area contributed by atoms with E-state index in [-0.39, 0.29) is 0 Å². The Morgan fingerprint density at radius 1 is 1.36 bits per heavy atom. The molecule has 0 saturated heterocycles. The highest BCUT2D eigenvalue weighted by atomic mass is 79.9. The molecule has 0 nitrogen and oxygen atoms in total. The summed E-state index contributed by atoms with van der Waals surface area (Å²) in [5.41, 5.74) is 1.36. The predicted molar refractivity (Wildman–Crippen MR) is 53.6 cm³/mol. The van der Waals surface area contributed by atoms with Crippen molar-refractivity contribution in [1.82, 2.24) is 0 Å². The molecule has 0 saturated carbocycles. The van der Waals surface area contributed by atoms with Crippen LogP contribution in [0.15, 0.2) is 22.7 Å². The van der Waals surface area contributed by atoms with Crippen molar-refractivity contribution in [3.8, 4) is 0 Å². The molecule has 0 amide bonds. The predicted octanol–water partition coefficient (Wildman–Crippen LogP) is 2.37. The lowest BCUT2D eigenvalue weighted by Gasteiger charge is -2.06. The zero-order valence-electron chi connectivity index (χ0n) is 6.69. The van der Waals surface area contributed by atoms with Crippen molar-refractivity contribution in [3.63, 3.8) is 0 Å². The van der Waals surface area contributed by atoms with Crippen LogP contribution >= 0.6 is 15.9 Å². The van der Waals surface area contributed by atoms with Crippen molar-refractivity contribution in [2.45, 2.75) is 19.8 Å². The molecule has 0 aliphatic carbocycles. The Bertz CT molecular complexity index is 256. The summed E-state index contributed by atoms with van der Waals surface area (Å²) in [6.07, 6.45) is 0. The maximum atomic E-state index is 3.52. The third-order valence-electron chi connectivity index (χ3n) is 1.66. The molecule has 0 aliphatic heterocycles. The van der Waals surface area contributed by atoms with E-state index in [4.69, 9.17) is 0 Å². The second kappa shape index (κ2) is 3.54. The summed E-state index contributed by atoms with van der Waals surface area (Å²) < 4.78 is 1.11. The Morgan fingerprint density at radius 3 is 2.45 bits per heavy atom. The highest BCUT2D eigenvalue weighted by Gasteiger charge is 2.00. The standard InChI is InChI=1S/C9H10BrSi/c1-6(2)7-3-4-8(10)9(11)5-7/h3-6H,1-2H3. The minimum absolute atomic E-state index is 0.596. The van der Waals surface area contributed by atoms with Crippen LogP contribution in [0.2, 0.25) is 0 Å². The molecule has 0 aliphatic rings. The van der Waals surface area contributed by atoms with Crippen LogP contribution in [0.5, 0.6) is 0 Å². The molecule has 1 aromatic rings. The van der Waals surface area contributed by atoms with Gasteiger partial charge in [0.2, 0.25) is 0 Å². The average molecular weight is 226 g/mol. The van der Waals surface area contributed by atoms with Gasteiger partial charge in [-0.1, -0.05) is 47.1 Å². The second-order valence-electron chi connectivity index (χ2n) is 2.89. The van der Waals surface area contributed by atoms with Crippen molar-refractivity contribution in [3.05, 3.63) is 28.2 Å². The molecule has 3 radical (unpaired) electrons. The summed E-state index contributed by atoms with van der Waals surface area (Å²) in [6, 6.07) is 6.35. The minimum atomic E-state index is 0.596. The molecule has 11 heavy (non-hydrogen) atoms. The van der Waals surface area contributed by atoms with Gasteiger partial charge < -0.3 is 0 Å². The highest BCUT2D eigenvalue weighted by molar-refractivity contribution is 9.10. The fraction of sp³-hybridized carbons (Fsp3) is 0.333. The lowest BCUT2D eigenvalue weighted by Crippen LogP contribution is -2.05. The highest BCUT2D eigenvalue weighted by Crippen LogP contribution is 2.15. The summed E-state index contributed by atoms with van der Waals surface area (Å²) in [6.45, 7) is 4.38. The van der Waals surface area contributed by atoms with Gasteiger partial charge in [0.15, 0.2) is 0 Å². The monoisotopic (exact) mass is 225 g/mol. The zero-order chi connectivity index (χ0) is 8.43. The first-order valence-corrected chi connectivity index (χ1v) is 4.91. The maximum Gasteiger partial charge on any atom is 0.0727 e. The molecular formula is C9H10BrSi. The number of hydrogen-bond donors (Lipinski definition) is 0. The van der Waals surface area contributed by atoms with Crippen LogP contribution in [-0.4, -0.2) is 10.2 Å². The van der Waals surface area contributed by atoms with E-state index in [1.165, 1.54) is 5.56 Å². The zero-order valence-corrected chi connectivity index (χ0v) is 9.27. The van der Waals surface area contributed by atoms with Gasteiger partial charge in [0, 0.05) is 4.47 Å².